The van der Waals surface area contributed by atoms with E-state index in [4.69, 9.17) is 4.98 Å². The lowest BCUT2D eigenvalue weighted by molar-refractivity contribution is 0.589. The molecule has 1 aliphatic rings. The van der Waals surface area contributed by atoms with E-state index < -0.39 is 0 Å². The van der Waals surface area contributed by atoms with Crippen molar-refractivity contribution in [3.63, 3.8) is 0 Å². The molecular weight excluding hydrogens is 374 g/mol. The van der Waals surface area contributed by atoms with Gasteiger partial charge in [-0.3, -0.25) is 4.98 Å². The molecule has 1 aromatic carbocycles. The van der Waals surface area contributed by atoms with Crippen molar-refractivity contribution in [3.05, 3.63) is 61.2 Å². The Labute approximate surface area is 175 Å². The van der Waals surface area contributed by atoms with Gasteiger partial charge in [-0.1, -0.05) is 0 Å². The Balaban J connectivity index is 1.39. The maximum atomic E-state index is 4.77. The number of nitrogens with zero attached hydrogens (tertiary/aromatic N) is 5. The molecule has 7 nitrogen and oxygen atoms in total. The first-order valence-corrected chi connectivity index (χ1v) is 10.4. The standard InChI is InChI=1S/C23H25N7/c1-2-29-16-20(19-7-9-25-15-22(19)29)21-8-10-26-23(28-21)27-17-3-5-18(6-4-17)30-13-11-24-12-14-30/h3-10,15-16,24H,2,11-14H2,1H3,(H,26,27,28). The second kappa shape index (κ2) is 8.12. The van der Waals surface area contributed by atoms with Gasteiger partial charge >= 0.3 is 0 Å². The fraction of sp³-hybridized carbons (Fsp3) is 0.261. The van der Waals surface area contributed by atoms with Crippen LogP contribution in [0.1, 0.15) is 6.92 Å². The van der Waals surface area contributed by atoms with Crippen molar-refractivity contribution in [1.29, 1.82) is 0 Å². The van der Waals surface area contributed by atoms with E-state index >= 15 is 0 Å². The number of aromatic nitrogens is 4. The van der Waals surface area contributed by atoms with E-state index in [2.05, 4.69) is 67.5 Å². The minimum absolute atomic E-state index is 0.592. The highest BCUT2D eigenvalue weighted by Crippen LogP contribution is 2.29. The summed E-state index contributed by atoms with van der Waals surface area (Å²) in [6.07, 6.45) is 7.67. The van der Waals surface area contributed by atoms with Crippen LogP contribution < -0.4 is 15.5 Å². The second-order valence-corrected chi connectivity index (χ2v) is 7.40. The van der Waals surface area contributed by atoms with Crippen LogP contribution >= 0.6 is 0 Å². The number of rotatable bonds is 5. The fourth-order valence-corrected chi connectivity index (χ4v) is 3.98. The second-order valence-electron chi connectivity index (χ2n) is 7.40. The number of fused-ring (bicyclic) bond motifs is 1. The van der Waals surface area contributed by atoms with Crippen LogP contribution in [0.15, 0.2) is 61.2 Å². The van der Waals surface area contributed by atoms with E-state index in [-0.39, 0.29) is 0 Å². The highest BCUT2D eigenvalue weighted by Gasteiger charge is 2.13. The molecule has 5 rings (SSSR count). The van der Waals surface area contributed by atoms with Gasteiger partial charge in [0.25, 0.3) is 0 Å². The van der Waals surface area contributed by atoms with Gasteiger partial charge in [0.05, 0.1) is 17.4 Å². The maximum absolute atomic E-state index is 4.77. The fourth-order valence-electron chi connectivity index (χ4n) is 3.98. The molecule has 1 fully saturated rings. The van der Waals surface area contributed by atoms with Crippen molar-refractivity contribution in [2.75, 3.05) is 36.4 Å². The molecule has 4 heterocycles. The monoisotopic (exact) mass is 399 g/mol. The zero-order chi connectivity index (χ0) is 20.3. The van der Waals surface area contributed by atoms with Crippen molar-refractivity contribution in [2.24, 2.45) is 0 Å². The molecule has 0 spiro atoms. The lowest BCUT2D eigenvalue weighted by Crippen LogP contribution is -2.43. The summed E-state index contributed by atoms with van der Waals surface area (Å²) in [5.74, 6) is 0.592. The molecule has 0 unspecified atom stereocenters. The number of anilines is 3. The number of piperazine rings is 1. The molecule has 0 aliphatic carbocycles. The first-order valence-electron chi connectivity index (χ1n) is 10.4. The molecule has 152 valence electrons. The Morgan fingerprint density at radius 3 is 2.67 bits per heavy atom. The summed E-state index contributed by atoms with van der Waals surface area (Å²) in [4.78, 5) is 15.9. The Morgan fingerprint density at radius 1 is 1.03 bits per heavy atom. The molecule has 7 heteroatoms. The number of nitrogens with one attached hydrogen (secondary N) is 2. The third-order valence-corrected chi connectivity index (χ3v) is 5.56. The molecule has 1 saturated heterocycles. The molecular formula is C23H25N7. The van der Waals surface area contributed by atoms with Gasteiger partial charge in [-0.05, 0) is 43.3 Å². The Kier molecular flexibility index (Phi) is 5.03. The topological polar surface area (TPSA) is 70.9 Å². The van der Waals surface area contributed by atoms with Gasteiger partial charge in [-0.25, -0.2) is 9.97 Å². The summed E-state index contributed by atoms with van der Waals surface area (Å²) in [5, 5.41) is 7.88. The van der Waals surface area contributed by atoms with Crippen LogP contribution in [-0.4, -0.2) is 45.7 Å². The summed E-state index contributed by atoms with van der Waals surface area (Å²) < 4.78 is 2.20. The highest BCUT2D eigenvalue weighted by molar-refractivity contribution is 5.94. The van der Waals surface area contributed by atoms with Gasteiger partial charge in [0.2, 0.25) is 5.95 Å². The van der Waals surface area contributed by atoms with E-state index in [1.54, 1.807) is 6.20 Å². The first-order chi connectivity index (χ1) is 14.8. The molecule has 3 aromatic heterocycles. The summed E-state index contributed by atoms with van der Waals surface area (Å²) in [5.41, 5.74) is 5.33. The van der Waals surface area contributed by atoms with E-state index in [1.165, 1.54) is 5.69 Å². The van der Waals surface area contributed by atoms with Gasteiger partial charge in [0.15, 0.2) is 0 Å². The number of hydrogen-bond acceptors (Lipinski definition) is 6. The van der Waals surface area contributed by atoms with Crippen molar-refractivity contribution >= 4 is 28.2 Å². The van der Waals surface area contributed by atoms with Crippen molar-refractivity contribution in [2.45, 2.75) is 13.5 Å². The Hall–Kier alpha value is -3.45. The third-order valence-electron chi connectivity index (χ3n) is 5.56. The normalized spacial score (nSPS) is 14.2. The highest BCUT2D eigenvalue weighted by atomic mass is 15.2. The van der Waals surface area contributed by atoms with Crippen LogP contribution in [0.25, 0.3) is 22.2 Å². The number of pyridine rings is 1. The molecule has 0 saturated carbocycles. The summed E-state index contributed by atoms with van der Waals surface area (Å²) in [6.45, 7) is 7.17. The van der Waals surface area contributed by atoms with Crippen LogP contribution in [0, 0.1) is 0 Å². The quantitative estimate of drug-likeness (QED) is 0.534. The average Bonchev–Trinajstić information content (AvgIpc) is 3.19. The number of benzene rings is 1. The van der Waals surface area contributed by atoms with Gasteiger partial charge in [-0.2, -0.15) is 0 Å². The van der Waals surface area contributed by atoms with Crippen molar-refractivity contribution in [3.8, 4) is 11.3 Å². The lowest BCUT2D eigenvalue weighted by Gasteiger charge is -2.29. The van der Waals surface area contributed by atoms with Crippen LogP contribution in [0.2, 0.25) is 0 Å². The minimum Gasteiger partial charge on any atom is -0.369 e. The smallest absolute Gasteiger partial charge is 0.227 e. The van der Waals surface area contributed by atoms with Gasteiger partial charge in [0, 0.05) is 73.6 Å². The maximum Gasteiger partial charge on any atom is 0.227 e. The molecule has 0 radical (unpaired) electrons. The van der Waals surface area contributed by atoms with E-state index in [0.717, 1.165) is 60.6 Å². The molecule has 2 N–H and O–H groups in total. The predicted octanol–water partition coefficient (Wildman–Crippen LogP) is 3.67. The van der Waals surface area contributed by atoms with E-state index in [0.29, 0.717) is 5.95 Å². The lowest BCUT2D eigenvalue weighted by atomic mass is 10.1. The molecule has 1 aliphatic heterocycles. The summed E-state index contributed by atoms with van der Waals surface area (Å²) in [7, 11) is 0. The van der Waals surface area contributed by atoms with Crippen LogP contribution in [0.4, 0.5) is 17.3 Å². The molecule has 30 heavy (non-hydrogen) atoms. The zero-order valence-electron chi connectivity index (χ0n) is 17.0. The Bertz CT molecular complexity index is 1140. The molecule has 0 atom stereocenters. The average molecular weight is 400 g/mol. The van der Waals surface area contributed by atoms with Gasteiger partial charge in [-0.15, -0.1) is 0 Å². The van der Waals surface area contributed by atoms with Crippen LogP contribution in [0.5, 0.6) is 0 Å². The van der Waals surface area contributed by atoms with Crippen molar-refractivity contribution < 1.29 is 0 Å². The zero-order valence-corrected chi connectivity index (χ0v) is 17.0. The van der Waals surface area contributed by atoms with Gasteiger partial charge < -0.3 is 20.1 Å². The van der Waals surface area contributed by atoms with Crippen LogP contribution in [0.3, 0.4) is 0 Å². The van der Waals surface area contributed by atoms with Gasteiger partial charge in [0.1, 0.15) is 0 Å². The van der Waals surface area contributed by atoms with E-state index in [9.17, 15) is 0 Å². The van der Waals surface area contributed by atoms with Crippen LogP contribution in [-0.2, 0) is 6.54 Å². The minimum atomic E-state index is 0.592. The van der Waals surface area contributed by atoms with E-state index in [1.807, 2.05) is 24.5 Å². The largest absolute Gasteiger partial charge is 0.369 e. The predicted molar refractivity (Wildman–Crippen MR) is 121 cm³/mol. The summed E-state index contributed by atoms with van der Waals surface area (Å²) in [6, 6.07) is 12.5. The number of aryl methyl sites for hydroxylation is 1. The number of hydrogen-bond donors (Lipinski definition) is 2. The molecule has 0 amide bonds. The molecule has 4 aromatic rings. The Morgan fingerprint density at radius 2 is 1.87 bits per heavy atom. The van der Waals surface area contributed by atoms with Crippen molar-refractivity contribution in [1.82, 2.24) is 24.8 Å². The SMILES string of the molecule is CCn1cc(-c2ccnc(Nc3ccc(N4CCNCC4)cc3)n2)c2ccncc21. The third kappa shape index (κ3) is 3.59. The molecule has 0 bridgehead atoms. The first kappa shape index (κ1) is 18.6. The summed E-state index contributed by atoms with van der Waals surface area (Å²) >= 11 is 0.